The summed E-state index contributed by atoms with van der Waals surface area (Å²) in [5, 5.41) is 10.5. The minimum absolute atomic E-state index is 0.153. The third-order valence-electron chi connectivity index (χ3n) is 3.34. The van der Waals surface area contributed by atoms with Crippen LogP contribution in [0.1, 0.15) is 26.5 Å². The molecule has 0 spiro atoms. The fraction of sp³-hybridized carbons (Fsp3) is 0. The first-order chi connectivity index (χ1) is 12.0. The zero-order valence-corrected chi connectivity index (χ0v) is 12.7. The van der Waals surface area contributed by atoms with Crippen molar-refractivity contribution >= 4 is 17.6 Å². The number of ether oxygens (including phenoxy) is 1. The molecule has 0 unspecified atom stereocenters. The van der Waals surface area contributed by atoms with Crippen LogP contribution in [0.25, 0.3) is 0 Å². The molecular formula is C18H11NO6. The molecule has 0 aliphatic heterocycles. The van der Waals surface area contributed by atoms with Gasteiger partial charge in [-0.2, -0.15) is 0 Å². The van der Waals surface area contributed by atoms with Crippen LogP contribution < -0.4 is 4.74 Å². The molecule has 2 aromatic carbocycles. The highest BCUT2D eigenvalue weighted by atomic mass is 16.7. The summed E-state index contributed by atoms with van der Waals surface area (Å²) in [6.07, 6.45) is 0. The van der Waals surface area contributed by atoms with Crippen molar-refractivity contribution in [2.24, 2.45) is 0 Å². The Morgan fingerprint density at radius 2 is 1.52 bits per heavy atom. The van der Waals surface area contributed by atoms with Crippen molar-refractivity contribution in [1.82, 2.24) is 0 Å². The van der Waals surface area contributed by atoms with Crippen LogP contribution in [0.3, 0.4) is 0 Å². The highest BCUT2D eigenvalue weighted by Crippen LogP contribution is 2.20. The number of carbonyl (C=O) groups excluding carboxylic acids is 2. The average molecular weight is 337 g/mol. The van der Waals surface area contributed by atoms with Crippen molar-refractivity contribution in [3.63, 3.8) is 0 Å². The van der Waals surface area contributed by atoms with Crippen molar-refractivity contribution in [1.29, 1.82) is 0 Å². The van der Waals surface area contributed by atoms with Gasteiger partial charge in [-0.15, -0.1) is 0 Å². The van der Waals surface area contributed by atoms with Crippen LogP contribution in [0.5, 0.6) is 5.75 Å². The van der Waals surface area contributed by atoms with E-state index in [2.05, 4.69) is 0 Å². The van der Waals surface area contributed by atoms with Gasteiger partial charge < -0.3 is 9.15 Å². The van der Waals surface area contributed by atoms with Gasteiger partial charge in [-0.05, 0) is 30.3 Å². The minimum Gasteiger partial charge on any atom is -0.421 e. The van der Waals surface area contributed by atoms with E-state index >= 15 is 0 Å². The molecule has 7 nitrogen and oxygen atoms in total. The highest BCUT2D eigenvalue weighted by molar-refractivity contribution is 6.09. The monoisotopic (exact) mass is 337 g/mol. The van der Waals surface area contributed by atoms with Gasteiger partial charge in [0.15, 0.2) is 5.78 Å². The topological polar surface area (TPSA) is 99.7 Å². The van der Waals surface area contributed by atoms with E-state index in [4.69, 9.17) is 9.15 Å². The van der Waals surface area contributed by atoms with Crippen LogP contribution in [0.4, 0.5) is 5.88 Å². The molecule has 0 aliphatic carbocycles. The zero-order chi connectivity index (χ0) is 17.8. The molecular weight excluding hydrogens is 326 g/mol. The lowest BCUT2D eigenvalue weighted by molar-refractivity contribution is -0.402. The molecule has 0 aliphatic rings. The van der Waals surface area contributed by atoms with Gasteiger partial charge >= 0.3 is 11.9 Å². The fourth-order valence-electron chi connectivity index (χ4n) is 2.12. The zero-order valence-electron chi connectivity index (χ0n) is 12.7. The van der Waals surface area contributed by atoms with Gasteiger partial charge in [-0.3, -0.25) is 14.9 Å². The van der Waals surface area contributed by atoms with Crippen LogP contribution in [-0.2, 0) is 0 Å². The molecule has 3 aromatic rings. The number of hydrogen-bond donors (Lipinski definition) is 0. The number of nitro groups is 1. The Hall–Kier alpha value is -3.74. The van der Waals surface area contributed by atoms with Crippen molar-refractivity contribution in [3.8, 4) is 5.75 Å². The molecule has 0 saturated heterocycles. The van der Waals surface area contributed by atoms with Gasteiger partial charge in [0.25, 0.3) is 0 Å². The lowest BCUT2D eigenvalue weighted by Crippen LogP contribution is -2.07. The smallest absolute Gasteiger partial charge is 0.421 e. The second-order valence-electron chi connectivity index (χ2n) is 5.00. The van der Waals surface area contributed by atoms with Crippen molar-refractivity contribution < 1.29 is 23.7 Å². The van der Waals surface area contributed by atoms with Crippen LogP contribution in [0.2, 0.25) is 0 Å². The molecule has 124 valence electrons. The summed E-state index contributed by atoms with van der Waals surface area (Å²) in [6, 6.07) is 17.0. The van der Waals surface area contributed by atoms with Crippen molar-refractivity contribution in [3.05, 3.63) is 93.7 Å². The van der Waals surface area contributed by atoms with Gasteiger partial charge in [0.1, 0.15) is 10.7 Å². The number of benzene rings is 2. The summed E-state index contributed by atoms with van der Waals surface area (Å²) in [5.41, 5.74) is 0.995. The van der Waals surface area contributed by atoms with Gasteiger partial charge in [-0.25, -0.2) is 4.79 Å². The van der Waals surface area contributed by atoms with E-state index in [1.807, 2.05) is 6.07 Å². The molecule has 7 heteroatoms. The molecule has 0 bridgehead atoms. The fourth-order valence-corrected chi connectivity index (χ4v) is 2.12. The van der Waals surface area contributed by atoms with Gasteiger partial charge in [-0.1, -0.05) is 30.3 Å². The lowest BCUT2D eigenvalue weighted by Gasteiger charge is -2.04. The first-order valence-electron chi connectivity index (χ1n) is 7.21. The van der Waals surface area contributed by atoms with Crippen molar-refractivity contribution in [2.45, 2.75) is 0 Å². The lowest BCUT2D eigenvalue weighted by atomic mass is 10.0. The largest absolute Gasteiger partial charge is 0.433 e. The molecule has 0 amide bonds. The SMILES string of the molecule is O=C(c1ccccc1)c1ccc(OC(=O)c2ccc([N+](=O)[O-])o2)cc1. The van der Waals surface area contributed by atoms with E-state index in [-0.39, 0.29) is 17.3 Å². The maximum absolute atomic E-state index is 12.3. The molecule has 1 heterocycles. The second kappa shape index (κ2) is 6.79. The molecule has 0 saturated carbocycles. The van der Waals surface area contributed by atoms with E-state index in [0.717, 1.165) is 12.1 Å². The number of nitrogens with zero attached hydrogens (tertiary/aromatic N) is 1. The maximum atomic E-state index is 12.3. The standard InChI is InChI=1S/C18H11NO6/c20-17(12-4-2-1-3-5-12)13-6-8-14(9-7-13)24-18(21)15-10-11-16(25-15)19(22)23/h1-11H. The Morgan fingerprint density at radius 1 is 0.880 bits per heavy atom. The van der Waals surface area contributed by atoms with Crippen LogP contribution in [0.15, 0.2) is 71.1 Å². The number of rotatable bonds is 5. The Balaban J connectivity index is 1.71. The van der Waals surface area contributed by atoms with Gasteiger partial charge in [0, 0.05) is 11.1 Å². The van der Waals surface area contributed by atoms with Gasteiger partial charge in [0.2, 0.25) is 5.76 Å². The summed E-state index contributed by atoms with van der Waals surface area (Å²) in [5.74, 6) is -1.66. The van der Waals surface area contributed by atoms with E-state index in [1.165, 1.54) is 24.3 Å². The Bertz CT molecular complexity index is 928. The van der Waals surface area contributed by atoms with E-state index < -0.39 is 16.8 Å². The first-order valence-corrected chi connectivity index (χ1v) is 7.21. The second-order valence-corrected chi connectivity index (χ2v) is 5.00. The normalized spacial score (nSPS) is 10.2. The Kier molecular flexibility index (Phi) is 4.38. The maximum Gasteiger partial charge on any atom is 0.433 e. The number of esters is 1. The highest BCUT2D eigenvalue weighted by Gasteiger charge is 2.19. The Labute approximate surface area is 141 Å². The molecule has 25 heavy (non-hydrogen) atoms. The first kappa shape index (κ1) is 16.1. The summed E-state index contributed by atoms with van der Waals surface area (Å²) in [6.45, 7) is 0. The van der Waals surface area contributed by atoms with Crippen molar-refractivity contribution in [2.75, 3.05) is 0 Å². The number of carbonyl (C=O) groups is 2. The van der Waals surface area contributed by atoms with E-state index in [9.17, 15) is 19.7 Å². The number of furan rings is 1. The summed E-state index contributed by atoms with van der Waals surface area (Å²) < 4.78 is 9.84. The molecule has 0 atom stereocenters. The Morgan fingerprint density at radius 3 is 2.12 bits per heavy atom. The molecule has 0 fully saturated rings. The summed E-state index contributed by atoms with van der Waals surface area (Å²) >= 11 is 0. The minimum atomic E-state index is -0.866. The van der Waals surface area contributed by atoms with Gasteiger partial charge in [0.05, 0.1) is 6.07 Å². The number of hydrogen-bond acceptors (Lipinski definition) is 6. The third kappa shape index (κ3) is 3.61. The molecule has 1 aromatic heterocycles. The van der Waals surface area contributed by atoms with Crippen LogP contribution in [0, 0.1) is 10.1 Å². The quantitative estimate of drug-likeness (QED) is 0.232. The third-order valence-corrected chi connectivity index (χ3v) is 3.34. The predicted octanol–water partition coefficient (Wildman–Crippen LogP) is 3.64. The predicted molar refractivity (Wildman–Crippen MR) is 86.6 cm³/mol. The summed E-state index contributed by atoms with van der Waals surface area (Å²) in [4.78, 5) is 34.0. The summed E-state index contributed by atoms with van der Waals surface area (Å²) in [7, 11) is 0. The average Bonchev–Trinajstić information content (AvgIpc) is 3.13. The van der Waals surface area contributed by atoms with Crippen LogP contribution in [-0.4, -0.2) is 16.7 Å². The van der Waals surface area contributed by atoms with E-state index in [1.54, 1.807) is 24.3 Å². The molecule has 0 radical (unpaired) electrons. The number of ketones is 1. The molecule has 3 rings (SSSR count). The van der Waals surface area contributed by atoms with E-state index in [0.29, 0.717) is 11.1 Å². The van der Waals surface area contributed by atoms with Crippen LogP contribution >= 0.6 is 0 Å². The molecule has 0 N–H and O–H groups in total.